The van der Waals surface area contributed by atoms with Gasteiger partial charge < -0.3 is 19.0 Å². The van der Waals surface area contributed by atoms with Gasteiger partial charge in [-0.25, -0.2) is 0 Å². The highest BCUT2D eigenvalue weighted by atomic mass is 16.7. The summed E-state index contributed by atoms with van der Waals surface area (Å²) in [6.07, 6.45) is 0.327. The van der Waals surface area contributed by atoms with Gasteiger partial charge in [-0.2, -0.15) is 0 Å². The first-order chi connectivity index (χ1) is 9.33. The van der Waals surface area contributed by atoms with Crippen molar-refractivity contribution in [1.82, 2.24) is 0 Å². The van der Waals surface area contributed by atoms with Crippen molar-refractivity contribution in [2.45, 2.75) is 31.3 Å². The maximum absolute atomic E-state index is 6.07. The van der Waals surface area contributed by atoms with Crippen molar-refractivity contribution in [2.24, 2.45) is 5.16 Å². The van der Waals surface area contributed by atoms with E-state index in [4.69, 9.17) is 19.0 Å². The van der Waals surface area contributed by atoms with Gasteiger partial charge in [-0.3, -0.25) is 0 Å². The van der Waals surface area contributed by atoms with Gasteiger partial charge in [-0.15, -0.1) is 0 Å². The van der Waals surface area contributed by atoms with E-state index < -0.39 is 5.60 Å². The van der Waals surface area contributed by atoms with E-state index in [-0.39, 0.29) is 12.4 Å². The predicted octanol–water partition coefficient (Wildman–Crippen LogP) is 1.70. The molecular weight excluding hydrogens is 246 g/mol. The van der Waals surface area contributed by atoms with Gasteiger partial charge in [0.1, 0.15) is 18.1 Å². The fourth-order valence-corrected chi connectivity index (χ4v) is 2.99. The molecule has 100 valence electrons. The fourth-order valence-electron chi connectivity index (χ4n) is 2.99. The molecule has 0 saturated carbocycles. The molecule has 0 amide bonds. The second-order valence-electron chi connectivity index (χ2n) is 4.95. The molecule has 1 saturated heterocycles. The highest BCUT2D eigenvalue weighted by Gasteiger charge is 2.61. The van der Waals surface area contributed by atoms with Gasteiger partial charge in [0.15, 0.2) is 18.0 Å². The number of ether oxygens (including phenoxy) is 3. The summed E-state index contributed by atoms with van der Waals surface area (Å²) < 4.78 is 17.5. The first-order valence-corrected chi connectivity index (χ1v) is 6.59. The minimum Gasteiger partial charge on any atom is -0.489 e. The van der Waals surface area contributed by atoms with Crippen LogP contribution in [0.15, 0.2) is 29.4 Å². The van der Waals surface area contributed by atoms with E-state index in [2.05, 4.69) is 5.16 Å². The lowest BCUT2D eigenvalue weighted by Gasteiger charge is -2.32. The maximum atomic E-state index is 6.07. The van der Waals surface area contributed by atoms with E-state index in [1.165, 1.54) is 0 Å². The third kappa shape index (κ3) is 1.45. The molecule has 0 N–H and O–H groups in total. The Labute approximate surface area is 111 Å². The van der Waals surface area contributed by atoms with Crippen molar-refractivity contribution in [3.8, 4) is 5.75 Å². The average molecular weight is 261 g/mol. The van der Waals surface area contributed by atoms with E-state index >= 15 is 0 Å². The molecule has 1 fully saturated rings. The molecule has 0 bridgehead atoms. The van der Waals surface area contributed by atoms with Gasteiger partial charge in [-0.1, -0.05) is 17.3 Å². The van der Waals surface area contributed by atoms with Crippen molar-refractivity contribution in [3.63, 3.8) is 0 Å². The number of para-hydroxylation sites is 1. The van der Waals surface area contributed by atoms with Gasteiger partial charge >= 0.3 is 0 Å². The van der Waals surface area contributed by atoms with Crippen LogP contribution in [-0.2, 0) is 14.3 Å². The Balaban J connectivity index is 1.73. The maximum Gasteiger partial charge on any atom is 0.190 e. The number of oxime groups is 1. The number of hydrogen-bond donors (Lipinski definition) is 0. The zero-order valence-corrected chi connectivity index (χ0v) is 10.7. The van der Waals surface area contributed by atoms with Gasteiger partial charge in [0.05, 0.1) is 0 Å². The normalized spacial score (nSPS) is 34.7. The number of fused-ring (bicyclic) bond motifs is 2. The lowest BCUT2D eigenvalue weighted by molar-refractivity contribution is -0.157. The Morgan fingerprint density at radius 1 is 1.42 bits per heavy atom. The van der Waals surface area contributed by atoms with E-state index in [1.807, 2.05) is 31.2 Å². The van der Waals surface area contributed by atoms with Crippen LogP contribution < -0.4 is 4.74 Å². The zero-order valence-electron chi connectivity index (χ0n) is 10.7. The van der Waals surface area contributed by atoms with Crippen molar-refractivity contribution in [1.29, 1.82) is 0 Å². The van der Waals surface area contributed by atoms with Gasteiger partial charge in [0.2, 0.25) is 0 Å². The second-order valence-corrected chi connectivity index (χ2v) is 4.95. The summed E-state index contributed by atoms with van der Waals surface area (Å²) in [5.74, 6) is 0.833. The van der Waals surface area contributed by atoms with E-state index in [9.17, 15) is 0 Å². The Kier molecular flexibility index (Phi) is 2.34. The standard InChI is InChI=1S/C14H15NO4/c1-2-16-12-7-11-14(18-12)8-17-10-6-4-3-5-9(10)13(14)15-19-11/h3-6,11-12H,2,7-8H2,1H3/t11-,12-,14+/m1/s1. The molecule has 4 rings (SSSR count). The van der Waals surface area contributed by atoms with Crippen molar-refractivity contribution >= 4 is 5.71 Å². The Bertz CT molecular complexity index is 544. The first-order valence-electron chi connectivity index (χ1n) is 6.59. The molecule has 3 heterocycles. The van der Waals surface area contributed by atoms with Crippen LogP contribution in [0.5, 0.6) is 5.75 Å². The summed E-state index contributed by atoms with van der Waals surface area (Å²) in [6, 6.07) is 7.83. The van der Waals surface area contributed by atoms with Crippen LogP contribution in [0.3, 0.4) is 0 Å². The fraction of sp³-hybridized carbons (Fsp3) is 0.500. The molecule has 3 atom stereocenters. The molecule has 19 heavy (non-hydrogen) atoms. The van der Waals surface area contributed by atoms with Crippen LogP contribution in [0.25, 0.3) is 0 Å². The van der Waals surface area contributed by atoms with E-state index in [1.54, 1.807) is 0 Å². The highest BCUT2D eigenvalue weighted by molar-refractivity contribution is 6.10. The van der Waals surface area contributed by atoms with Crippen molar-refractivity contribution < 1.29 is 19.0 Å². The Morgan fingerprint density at radius 2 is 2.32 bits per heavy atom. The molecule has 5 nitrogen and oxygen atoms in total. The minimum absolute atomic E-state index is 0.118. The van der Waals surface area contributed by atoms with Gasteiger partial charge in [0, 0.05) is 18.6 Å². The molecule has 1 aromatic rings. The van der Waals surface area contributed by atoms with Crippen LogP contribution in [0.2, 0.25) is 0 Å². The predicted molar refractivity (Wildman–Crippen MR) is 67.2 cm³/mol. The summed E-state index contributed by atoms with van der Waals surface area (Å²) in [5, 5.41) is 4.22. The van der Waals surface area contributed by atoms with Crippen LogP contribution in [0, 0.1) is 0 Å². The summed E-state index contributed by atoms with van der Waals surface area (Å²) in [6.45, 7) is 3.01. The van der Waals surface area contributed by atoms with Crippen LogP contribution >= 0.6 is 0 Å². The Hall–Kier alpha value is -1.59. The summed E-state index contributed by atoms with van der Waals surface area (Å²) in [4.78, 5) is 5.55. The molecule has 0 radical (unpaired) electrons. The average Bonchev–Trinajstić information content (AvgIpc) is 2.93. The van der Waals surface area contributed by atoms with Crippen LogP contribution in [-0.4, -0.2) is 36.9 Å². The largest absolute Gasteiger partial charge is 0.489 e. The number of hydrogen-bond acceptors (Lipinski definition) is 5. The van der Waals surface area contributed by atoms with Crippen molar-refractivity contribution in [3.05, 3.63) is 29.8 Å². The third-order valence-electron chi connectivity index (χ3n) is 3.88. The minimum atomic E-state index is -0.603. The summed E-state index contributed by atoms with van der Waals surface area (Å²) in [7, 11) is 0. The van der Waals surface area contributed by atoms with Crippen LogP contribution in [0.1, 0.15) is 18.9 Å². The lowest BCUT2D eigenvalue weighted by Crippen LogP contribution is -2.52. The molecule has 1 aromatic carbocycles. The molecule has 0 unspecified atom stereocenters. The lowest BCUT2D eigenvalue weighted by atomic mass is 9.86. The van der Waals surface area contributed by atoms with Crippen molar-refractivity contribution in [2.75, 3.05) is 13.2 Å². The Morgan fingerprint density at radius 3 is 3.21 bits per heavy atom. The third-order valence-corrected chi connectivity index (χ3v) is 3.88. The topological polar surface area (TPSA) is 49.3 Å². The number of rotatable bonds is 2. The summed E-state index contributed by atoms with van der Waals surface area (Å²) in [5.41, 5.74) is 1.18. The molecule has 3 aliphatic heterocycles. The molecule has 0 aromatic heterocycles. The summed E-state index contributed by atoms with van der Waals surface area (Å²) >= 11 is 0. The van der Waals surface area contributed by atoms with E-state index in [0.717, 1.165) is 17.0 Å². The zero-order chi connectivity index (χ0) is 12.9. The quantitative estimate of drug-likeness (QED) is 0.813. The molecule has 1 spiro atoms. The SMILES string of the molecule is CCO[C@H]1C[C@H]2ON=C3c4ccccc4OC[C@@]32O1. The molecular formula is C14H15NO4. The molecule has 3 aliphatic rings. The monoisotopic (exact) mass is 261 g/mol. The highest BCUT2D eigenvalue weighted by Crippen LogP contribution is 2.45. The number of benzene rings is 1. The number of nitrogens with zero attached hydrogens (tertiary/aromatic N) is 1. The second kappa shape index (κ2) is 3.95. The van der Waals surface area contributed by atoms with Crippen LogP contribution in [0.4, 0.5) is 0 Å². The molecule has 5 heteroatoms. The molecule has 0 aliphatic carbocycles. The first kappa shape index (κ1) is 11.3. The smallest absolute Gasteiger partial charge is 0.190 e. The van der Waals surface area contributed by atoms with Gasteiger partial charge in [0.25, 0.3) is 0 Å². The van der Waals surface area contributed by atoms with E-state index in [0.29, 0.717) is 19.6 Å². The van der Waals surface area contributed by atoms with Gasteiger partial charge in [-0.05, 0) is 19.1 Å².